The van der Waals surface area contributed by atoms with Crippen molar-refractivity contribution in [2.75, 3.05) is 13.6 Å². The third kappa shape index (κ3) is 1.80. The highest BCUT2D eigenvalue weighted by Gasteiger charge is 2.30. The lowest BCUT2D eigenvalue weighted by atomic mass is 9.72. The Hall–Kier alpha value is -0.900. The van der Waals surface area contributed by atoms with Gasteiger partial charge in [-0.15, -0.1) is 0 Å². The zero-order chi connectivity index (χ0) is 9.97. The van der Waals surface area contributed by atoms with E-state index in [2.05, 4.69) is 15.4 Å². The van der Waals surface area contributed by atoms with Gasteiger partial charge in [-0.1, -0.05) is 0 Å². The molecule has 0 aromatic carbocycles. The summed E-state index contributed by atoms with van der Waals surface area (Å²) in [5.74, 6) is 2.78. The summed E-state index contributed by atoms with van der Waals surface area (Å²) in [5.41, 5.74) is 0. The van der Waals surface area contributed by atoms with E-state index in [1.807, 2.05) is 18.8 Å². The Kier molecular flexibility index (Phi) is 2.82. The van der Waals surface area contributed by atoms with Gasteiger partial charge in [0.25, 0.3) is 0 Å². The number of hydrogen-bond acceptors (Lipinski definition) is 3. The van der Waals surface area contributed by atoms with Crippen molar-refractivity contribution in [1.82, 2.24) is 20.1 Å². The average molecular weight is 194 g/mol. The van der Waals surface area contributed by atoms with Crippen molar-refractivity contribution in [2.45, 2.75) is 19.3 Å². The van der Waals surface area contributed by atoms with Crippen molar-refractivity contribution in [3.63, 3.8) is 0 Å². The molecule has 0 spiro atoms. The van der Waals surface area contributed by atoms with Crippen LogP contribution in [0.15, 0.2) is 6.33 Å². The molecular weight excluding hydrogens is 176 g/mol. The molecule has 0 saturated heterocycles. The average Bonchev–Trinajstić information content (AvgIpc) is 2.55. The fourth-order valence-corrected chi connectivity index (χ4v) is 2.18. The summed E-state index contributed by atoms with van der Waals surface area (Å²) in [6, 6.07) is 0. The van der Waals surface area contributed by atoms with Gasteiger partial charge in [-0.05, 0) is 38.3 Å². The lowest BCUT2D eigenvalue weighted by Gasteiger charge is -2.36. The van der Waals surface area contributed by atoms with Crippen molar-refractivity contribution >= 4 is 0 Å². The molecular formula is C10H18N4. The highest BCUT2D eigenvalue weighted by Crippen LogP contribution is 2.35. The van der Waals surface area contributed by atoms with E-state index in [1.54, 1.807) is 6.33 Å². The van der Waals surface area contributed by atoms with E-state index < -0.39 is 0 Å². The first-order valence-electron chi connectivity index (χ1n) is 5.28. The van der Waals surface area contributed by atoms with E-state index >= 15 is 0 Å². The van der Waals surface area contributed by atoms with Crippen LogP contribution in [-0.2, 0) is 13.5 Å². The summed E-state index contributed by atoms with van der Waals surface area (Å²) in [7, 11) is 3.99. The van der Waals surface area contributed by atoms with Gasteiger partial charge in [-0.2, -0.15) is 5.10 Å². The fourth-order valence-electron chi connectivity index (χ4n) is 2.18. The fraction of sp³-hybridized carbons (Fsp3) is 0.800. The van der Waals surface area contributed by atoms with Gasteiger partial charge in [0.05, 0.1) is 0 Å². The van der Waals surface area contributed by atoms with Crippen LogP contribution >= 0.6 is 0 Å². The summed E-state index contributed by atoms with van der Waals surface area (Å²) >= 11 is 0. The molecule has 2 unspecified atom stereocenters. The number of aryl methyl sites for hydroxylation is 1. The topological polar surface area (TPSA) is 42.7 Å². The Bertz CT molecular complexity index is 294. The van der Waals surface area contributed by atoms with Gasteiger partial charge < -0.3 is 5.32 Å². The summed E-state index contributed by atoms with van der Waals surface area (Å²) in [6.45, 7) is 1.14. The molecule has 1 fully saturated rings. The number of nitrogens with one attached hydrogen (secondary N) is 1. The third-order valence-corrected chi connectivity index (χ3v) is 3.29. The molecule has 1 aromatic rings. The molecule has 1 aliphatic carbocycles. The summed E-state index contributed by atoms with van der Waals surface area (Å²) in [5, 5.41) is 7.34. The minimum atomic E-state index is 0.811. The lowest BCUT2D eigenvalue weighted by Crippen LogP contribution is -2.35. The Morgan fingerprint density at radius 1 is 1.50 bits per heavy atom. The van der Waals surface area contributed by atoms with E-state index in [-0.39, 0.29) is 0 Å². The van der Waals surface area contributed by atoms with Crippen molar-refractivity contribution in [2.24, 2.45) is 18.9 Å². The number of aromatic nitrogens is 3. The Morgan fingerprint density at radius 2 is 2.29 bits per heavy atom. The molecule has 1 heterocycles. The first kappa shape index (κ1) is 9.65. The maximum Gasteiger partial charge on any atom is 0.138 e. The molecule has 1 N–H and O–H groups in total. The van der Waals surface area contributed by atoms with Gasteiger partial charge >= 0.3 is 0 Å². The first-order valence-corrected chi connectivity index (χ1v) is 5.28. The zero-order valence-corrected chi connectivity index (χ0v) is 8.90. The van der Waals surface area contributed by atoms with Gasteiger partial charge in [0.1, 0.15) is 12.2 Å². The van der Waals surface area contributed by atoms with E-state index in [0.717, 1.165) is 30.6 Å². The molecule has 1 aliphatic rings. The predicted molar refractivity (Wildman–Crippen MR) is 54.8 cm³/mol. The maximum atomic E-state index is 4.26. The van der Waals surface area contributed by atoms with Crippen LogP contribution < -0.4 is 5.32 Å². The van der Waals surface area contributed by atoms with E-state index in [9.17, 15) is 0 Å². The quantitative estimate of drug-likeness (QED) is 0.763. The maximum absolute atomic E-state index is 4.26. The molecule has 4 heteroatoms. The number of rotatable bonds is 4. The van der Waals surface area contributed by atoms with E-state index in [4.69, 9.17) is 0 Å². The normalized spacial score (nSPS) is 26.1. The van der Waals surface area contributed by atoms with Gasteiger partial charge in [-0.25, -0.2) is 4.98 Å². The van der Waals surface area contributed by atoms with Crippen LogP contribution in [0.25, 0.3) is 0 Å². The smallest absolute Gasteiger partial charge is 0.138 e. The molecule has 0 radical (unpaired) electrons. The lowest BCUT2D eigenvalue weighted by molar-refractivity contribution is 0.170. The van der Waals surface area contributed by atoms with Crippen LogP contribution in [0.4, 0.5) is 0 Å². The van der Waals surface area contributed by atoms with Crippen LogP contribution in [0.5, 0.6) is 0 Å². The third-order valence-electron chi connectivity index (χ3n) is 3.29. The standard InChI is InChI=1S/C10H18N4/c1-11-6-9-4-3-8(9)5-10-12-7-13-14(10)2/h7-9,11H,3-6H2,1-2H3. The molecule has 2 rings (SSSR count). The van der Waals surface area contributed by atoms with Gasteiger partial charge in [0, 0.05) is 13.5 Å². The summed E-state index contributed by atoms with van der Waals surface area (Å²) < 4.78 is 1.88. The van der Waals surface area contributed by atoms with Crippen molar-refractivity contribution < 1.29 is 0 Å². The molecule has 0 amide bonds. The van der Waals surface area contributed by atoms with Crippen molar-refractivity contribution in [1.29, 1.82) is 0 Å². The van der Waals surface area contributed by atoms with Gasteiger partial charge in [-0.3, -0.25) is 4.68 Å². The van der Waals surface area contributed by atoms with Crippen LogP contribution in [0.3, 0.4) is 0 Å². The second-order valence-electron chi connectivity index (χ2n) is 4.16. The molecule has 78 valence electrons. The Balaban J connectivity index is 1.89. The molecule has 2 atom stereocenters. The van der Waals surface area contributed by atoms with Gasteiger partial charge in [0.2, 0.25) is 0 Å². The number of nitrogens with zero attached hydrogens (tertiary/aromatic N) is 3. The number of hydrogen-bond donors (Lipinski definition) is 1. The second kappa shape index (κ2) is 4.09. The second-order valence-corrected chi connectivity index (χ2v) is 4.16. The summed E-state index contributed by atoms with van der Waals surface area (Å²) in [4.78, 5) is 4.26. The van der Waals surface area contributed by atoms with Crippen LogP contribution in [-0.4, -0.2) is 28.4 Å². The molecule has 1 aromatic heterocycles. The first-order chi connectivity index (χ1) is 6.81. The van der Waals surface area contributed by atoms with Crippen LogP contribution in [0, 0.1) is 11.8 Å². The molecule has 0 aliphatic heterocycles. The Morgan fingerprint density at radius 3 is 2.79 bits per heavy atom. The van der Waals surface area contributed by atoms with Crippen molar-refractivity contribution in [3.8, 4) is 0 Å². The minimum absolute atomic E-state index is 0.811. The van der Waals surface area contributed by atoms with Crippen molar-refractivity contribution in [3.05, 3.63) is 12.2 Å². The largest absolute Gasteiger partial charge is 0.319 e. The summed E-state index contributed by atoms with van der Waals surface area (Å²) in [6.07, 6.45) is 5.44. The van der Waals surface area contributed by atoms with E-state index in [0.29, 0.717) is 0 Å². The monoisotopic (exact) mass is 194 g/mol. The van der Waals surface area contributed by atoms with Gasteiger partial charge in [0.15, 0.2) is 0 Å². The highest BCUT2D eigenvalue weighted by molar-refractivity contribution is 4.92. The predicted octanol–water partition coefficient (Wildman–Crippen LogP) is 0.603. The van der Waals surface area contributed by atoms with Crippen LogP contribution in [0.2, 0.25) is 0 Å². The zero-order valence-electron chi connectivity index (χ0n) is 8.90. The molecule has 4 nitrogen and oxygen atoms in total. The molecule has 14 heavy (non-hydrogen) atoms. The SMILES string of the molecule is CNCC1CCC1Cc1ncnn1C. The minimum Gasteiger partial charge on any atom is -0.319 e. The Labute approximate surface area is 84.7 Å². The van der Waals surface area contributed by atoms with Crippen LogP contribution in [0.1, 0.15) is 18.7 Å². The molecule has 1 saturated carbocycles. The highest BCUT2D eigenvalue weighted by atomic mass is 15.3. The molecule has 0 bridgehead atoms. The van der Waals surface area contributed by atoms with E-state index in [1.165, 1.54) is 12.8 Å².